The SMILES string of the molecule is CC(NC(=O)NC(C)c1ccc2c(c1)CCC(=O)N2)c1ccc2c(c1)CCC(=O)N2. The maximum Gasteiger partial charge on any atom is 0.315 e. The summed E-state index contributed by atoms with van der Waals surface area (Å²) in [5.74, 6) is 0.0821. The van der Waals surface area contributed by atoms with Gasteiger partial charge in [-0.25, -0.2) is 4.79 Å². The highest BCUT2D eigenvalue weighted by atomic mass is 16.2. The van der Waals surface area contributed by atoms with Crippen LogP contribution >= 0.6 is 0 Å². The minimum atomic E-state index is -0.243. The van der Waals surface area contributed by atoms with Crippen LogP contribution in [0.25, 0.3) is 0 Å². The van der Waals surface area contributed by atoms with Gasteiger partial charge >= 0.3 is 6.03 Å². The van der Waals surface area contributed by atoms with Crippen LogP contribution in [0.1, 0.15) is 61.0 Å². The van der Waals surface area contributed by atoms with Crippen LogP contribution in [0.15, 0.2) is 36.4 Å². The van der Waals surface area contributed by atoms with Gasteiger partial charge in [-0.15, -0.1) is 0 Å². The minimum Gasteiger partial charge on any atom is -0.332 e. The lowest BCUT2D eigenvalue weighted by Gasteiger charge is -2.23. The Morgan fingerprint density at radius 3 is 1.63 bits per heavy atom. The third kappa shape index (κ3) is 4.30. The Morgan fingerprint density at radius 2 is 1.20 bits per heavy atom. The third-order valence-corrected chi connectivity index (χ3v) is 5.74. The Balaban J connectivity index is 1.37. The molecule has 4 rings (SSSR count). The van der Waals surface area contributed by atoms with E-state index in [-0.39, 0.29) is 29.9 Å². The molecule has 0 aromatic heterocycles. The topological polar surface area (TPSA) is 99.3 Å². The van der Waals surface area contributed by atoms with Crippen molar-refractivity contribution in [2.24, 2.45) is 0 Å². The van der Waals surface area contributed by atoms with Gasteiger partial charge in [-0.1, -0.05) is 24.3 Å². The number of urea groups is 1. The molecule has 2 atom stereocenters. The molecule has 0 bridgehead atoms. The van der Waals surface area contributed by atoms with E-state index in [9.17, 15) is 14.4 Å². The van der Waals surface area contributed by atoms with Crippen molar-refractivity contribution in [3.63, 3.8) is 0 Å². The summed E-state index contributed by atoms with van der Waals surface area (Å²) >= 11 is 0. The highest BCUT2D eigenvalue weighted by molar-refractivity contribution is 5.94. The lowest BCUT2D eigenvalue weighted by Crippen LogP contribution is -2.38. The molecule has 156 valence electrons. The minimum absolute atomic E-state index is 0.0411. The van der Waals surface area contributed by atoms with E-state index in [1.54, 1.807) is 0 Å². The molecule has 2 aliphatic heterocycles. The third-order valence-electron chi connectivity index (χ3n) is 5.74. The van der Waals surface area contributed by atoms with E-state index in [1.165, 1.54) is 0 Å². The van der Waals surface area contributed by atoms with E-state index in [2.05, 4.69) is 21.3 Å². The average molecular weight is 406 g/mol. The van der Waals surface area contributed by atoms with Gasteiger partial charge in [0.25, 0.3) is 0 Å². The zero-order valence-corrected chi connectivity index (χ0v) is 17.2. The molecule has 7 nitrogen and oxygen atoms in total. The summed E-state index contributed by atoms with van der Waals surface area (Å²) in [6, 6.07) is 11.2. The van der Waals surface area contributed by atoms with Crippen LogP contribution in [0.4, 0.5) is 16.2 Å². The molecular weight excluding hydrogens is 380 g/mol. The molecule has 0 aliphatic carbocycles. The van der Waals surface area contributed by atoms with Gasteiger partial charge in [-0.05, 0) is 61.1 Å². The molecule has 2 aromatic carbocycles. The van der Waals surface area contributed by atoms with Crippen LogP contribution in [0.3, 0.4) is 0 Å². The fourth-order valence-electron chi connectivity index (χ4n) is 3.95. The van der Waals surface area contributed by atoms with Crippen molar-refractivity contribution in [3.05, 3.63) is 58.7 Å². The lowest BCUT2D eigenvalue weighted by atomic mass is 9.97. The smallest absolute Gasteiger partial charge is 0.315 e. The quantitative estimate of drug-likeness (QED) is 0.624. The van der Waals surface area contributed by atoms with E-state index >= 15 is 0 Å². The van der Waals surface area contributed by atoms with E-state index in [1.807, 2.05) is 50.2 Å². The maximum atomic E-state index is 12.5. The molecule has 2 heterocycles. The van der Waals surface area contributed by atoms with Crippen LogP contribution in [0, 0.1) is 0 Å². The standard InChI is InChI=1S/C23H26N4O3/c1-13(15-3-7-19-17(11-15)5-9-21(28)26-19)24-23(30)25-14(2)16-4-8-20-18(12-16)6-10-22(29)27-20/h3-4,7-8,11-14H,5-6,9-10H2,1-2H3,(H,26,28)(H,27,29)(H2,24,25,30). The zero-order valence-electron chi connectivity index (χ0n) is 17.2. The molecule has 4 N–H and O–H groups in total. The van der Waals surface area contributed by atoms with Gasteiger partial charge in [0.1, 0.15) is 0 Å². The summed E-state index contributed by atoms with van der Waals surface area (Å²) < 4.78 is 0. The van der Waals surface area contributed by atoms with Crippen molar-refractivity contribution < 1.29 is 14.4 Å². The second kappa shape index (κ2) is 8.18. The number of aryl methyl sites for hydroxylation is 2. The molecule has 0 fully saturated rings. The normalized spacial score (nSPS) is 17.0. The molecule has 2 aliphatic rings. The second-order valence-electron chi connectivity index (χ2n) is 7.99. The first kappa shape index (κ1) is 19.9. The molecule has 7 heteroatoms. The largest absolute Gasteiger partial charge is 0.332 e. The van der Waals surface area contributed by atoms with Crippen LogP contribution < -0.4 is 21.3 Å². The molecule has 0 radical (unpaired) electrons. The monoisotopic (exact) mass is 406 g/mol. The van der Waals surface area contributed by atoms with Gasteiger partial charge < -0.3 is 21.3 Å². The Kier molecular flexibility index (Phi) is 5.44. The van der Waals surface area contributed by atoms with Gasteiger partial charge in [0.15, 0.2) is 0 Å². The van der Waals surface area contributed by atoms with Gasteiger partial charge in [0.05, 0.1) is 12.1 Å². The molecule has 0 saturated carbocycles. The Morgan fingerprint density at radius 1 is 0.767 bits per heavy atom. The van der Waals surface area contributed by atoms with Gasteiger partial charge in [0.2, 0.25) is 11.8 Å². The summed E-state index contributed by atoms with van der Waals surface area (Å²) in [6.07, 6.45) is 2.40. The Hall–Kier alpha value is -3.35. The Labute approximate surface area is 175 Å². The van der Waals surface area contributed by atoms with Gasteiger partial charge in [-0.3, -0.25) is 9.59 Å². The predicted molar refractivity (Wildman–Crippen MR) is 115 cm³/mol. The predicted octanol–water partition coefficient (Wildman–Crippen LogP) is 3.58. The Bertz CT molecular complexity index is 938. The first-order valence-electron chi connectivity index (χ1n) is 10.3. The maximum absolute atomic E-state index is 12.5. The van der Waals surface area contributed by atoms with E-state index in [0.717, 1.165) is 33.6 Å². The number of hydrogen-bond acceptors (Lipinski definition) is 3. The van der Waals surface area contributed by atoms with Crippen molar-refractivity contribution in [3.8, 4) is 0 Å². The number of anilines is 2. The molecule has 0 spiro atoms. The highest BCUT2D eigenvalue weighted by Crippen LogP contribution is 2.27. The number of carbonyl (C=O) groups excluding carboxylic acids is 3. The van der Waals surface area contributed by atoms with Crippen molar-refractivity contribution in [1.29, 1.82) is 0 Å². The number of benzene rings is 2. The molecule has 2 unspecified atom stereocenters. The molecule has 30 heavy (non-hydrogen) atoms. The molecular formula is C23H26N4O3. The summed E-state index contributed by atoms with van der Waals surface area (Å²) in [6.45, 7) is 3.88. The van der Waals surface area contributed by atoms with Gasteiger partial charge in [-0.2, -0.15) is 0 Å². The number of nitrogens with one attached hydrogen (secondary N) is 4. The van der Waals surface area contributed by atoms with Crippen LogP contribution in [-0.4, -0.2) is 17.8 Å². The number of hydrogen-bond donors (Lipinski definition) is 4. The van der Waals surface area contributed by atoms with E-state index in [0.29, 0.717) is 25.7 Å². The molecule has 0 saturated heterocycles. The van der Waals surface area contributed by atoms with Crippen molar-refractivity contribution >= 4 is 29.2 Å². The van der Waals surface area contributed by atoms with E-state index in [4.69, 9.17) is 0 Å². The van der Waals surface area contributed by atoms with Gasteiger partial charge in [0, 0.05) is 24.2 Å². The first-order chi connectivity index (χ1) is 14.4. The zero-order chi connectivity index (χ0) is 21.3. The molecule has 2 aromatic rings. The van der Waals surface area contributed by atoms with Crippen molar-refractivity contribution in [2.75, 3.05) is 10.6 Å². The average Bonchev–Trinajstić information content (AvgIpc) is 2.72. The summed E-state index contributed by atoms with van der Waals surface area (Å²) in [5.41, 5.74) is 5.88. The summed E-state index contributed by atoms with van der Waals surface area (Å²) in [4.78, 5) is 35.6. The van der Waals surface area contributed by atoms with Crippen molar-refractivity contribution in [1.82, 2.24) is 10.6 Å². The number of fused-ring (bicyclic) bond motifs is 2. The number of carbonyl (C=O) groups is 3. The highest BCUT2D eigenvalue weighted by Gasteiger charge is 2.19. The number of rotatable bonds is 4. The van der Waals surface area contributed by atoms with Crippen LogP contribution in [0.5, 0.6) is 0 Å². The van der Waals surface area contributed by atoms with Crippen molar-refractivity contribution in [2.45, 2.75) is 51.6 Å². The summed E-state index contributed by atoms with van der Waals surface area (Å²) in [5, 5.41) is 11.7. The summed E-state index contributed by atoms with van der Waals surface area (Å²) in [7, 11) is 0. The molecule has 4 amide bonds. The first-order valence-corrected chi connectivity index (χ1v) is 10.3. The second-order valence-corrected chi connectivity index (χ2v) is 7.99. The number of amides is 4. The fourth-order valence-corrected chi connectivity index (χ4v) is 3.95. The van der Waals surface area contributed by atoms with Crippen LogP contribution in [-0.2, 0) is 22.4 Å². The van der Waals surface area contributed by atoms with E-state index < -0.39 is 0 Å². The fraction of sp³-hybridized carbons (Fsp3) is 0.348. The van der Waals surface area contributed by atoms with Crippen LogP contribution in [0.2, 0.25) is 0 Å². The lowest BCUT2D eigenvalue weighted by molar-refractivity contribution is -0.117.